The number of hydrogen-bond acceptors (Lipinski definition) is 7. The molecule has 0 bridgehead atoms. The summed E-state index contributed by atoms with van der Waals surface area (Å²) in [7, 11) is 0. The zero-order valence-corrected chi connectivity index (χ0v) is 12.1. The minimum absolute atomic E-state index is 0.0578. The molecule has 0 radical (unpaired) electrons. The molecule has 4 atom stereocenters. The van der Waals surface area contributed by atoms with Crippen LogP contribution in [0.5, 0.6) is 0 Å². The van der Waals surface area contributed by atoms with E-state index >= 15 is 0 Å². The van der Waals surface area contributed by atoms with Crippen LogP contribution in [0.2, 0.25) is 0 Å². The summed E-state index contributed by atoms with van der Waals surface area (Å²) in [5, 5.41) is 0. The highest BCUT2D eigenvalue weighted by atomic mass is 16.6. The molecule has 1 fully saturated rings. The summed E-state index contributed by atoms with van der Waals surface area (Å²) in [5.74, 6) is -1.57. The standard InChI is InChI=1S/C13H20O7/c1-7-5-18-11(6-17-8(2)14)13(20-10(4)16)12(7)19-9(3)15/h7,11-13H,5-6H2,1-4H3. The van der Waals surface area contributed by atoms with Gasteiger partial charge in [0.15, 0.2) is 6.10 Å². The van der Waals surface area contributed by atoms with Gasteiger partial charge in [-0.05, 0) is 0 Å². The molecule has 7 heteroatoms. The maximum Gasteiger partial charge on any atom is 0.303 e. The van der Waals surface area contributed by atoms with Crippen LogP contribution in [-0.4, -0.2) is 49.4 Å². The van der Waals surface area contributed by atoms with Crippen LogP contribution in [0, 0.1) is 5.92 Å². The Hall–Kier alpha value is -1.63. The van der Waals surface area contributed by atoms with E-state index in [0.29, 0.717) is 6.61 Å². The summed E-state index contributed by atoms with van der Waals surface area (Å²) >= 11 is 0. The van der Waals surface area contributed by atoms with E-state index in [-0.39, 0.29) is 12.5 Å². The van der Waals surface area contributed by atoms with Gasteiger partial charge in [0.2, 0.25) is 0 Å². The van der Waals surface area contributed by atoms with Crippen molar-refractivity contribution in [2.45, 2.75) is 46.0 Å². The van der Waals surface area contributed by atoms with Crippen molar-refractivity contribution in [3.63, 3.8) is 0 Å². The third-order valence-corrected chi connectivity index (χ3v) is 2.88. The second-order valence-corrected chi connectivity index (χ2v) is 4.80. The Morgan fingerprint density at radius 2 is 1.55 bits per heavy atom. The summed E-state index contributed by atoms with van der Waals surface area (Å²) in [6, 6.07) is 0. The van der Waals surface area contributed by atoms with Gasteiger partial charge in [0, 0.05) is 26.7 Å². The zero-order valence-electron chi connectivity index (χ0n) is 12.1. The number of rotatable bonds is 4. The van der Waals surface area contributed by atoms with Crippen LogP contribution >= 0.6 is 0 Å². The Kier molecular flexibility index (Phi) is 5.94. The molecule has 0 spiro atoms. The molecule has 0 aromatic rings. The second kappa shape index (κ2) is 7.23. The van der Waals surface area contributed by atoms with Crippen molar-refractivity contribution in [2.75, 3.05) is 13.2 Å². The fourth-order valence-corrected chi connectivity index (χ4v) is 2.05. The molecule has 114 valence electrons. The quantitative estimate of drug-likeness (QED) is 0.548. The molecule has 0 aromatic carbocycles. The predicted octanol–water partition coefficient (Wildman–Crippen LogP) is 0.448. The molecule has 0 aromatic heterocycles. The molecule has 0 N–H and O–H groups in total. The molecule has 0 amide bonds. The lowest BCUT2D eigenvalue weighted by Gasteiger charge is -2.39. The minimum atomic E-state index is -0.792. The van der Waals surface area contributed by atoms with Gasteiger partial charge in [-0.25, -0.2) is 0 Å². The lowest BCUT2D eigenvalue weighted by Crippen LogP contribution is -2.54. The molecular weight excluding hydrogens is 268 g/mol. The van der Waals surface area contributed by atoms with Gasteiger partial charge in [-0.2, -0.15) is 0 Å². The van der Waals surface area contributed by atoms with Gasteiger partial charge in [0.1, 0.15) is 18.8 Å². The molecule has 1 heterocycles. The molecule has 0 saturated carbocycles. The van der Waals surface area contributed by atoms with Crippen LogP contribution in [0.4, 0.5) is 0 Å². The third-order valence-electron chi connectivity index (χ3n) is 2.88. The number of carbonyl (C=O) groups excluding carboxylic acids is 3. The fraction of sp³-hybridized carbons (Fsp3) is 0.769. The maximum absolute atomic E-state index is 11.2. The SMILES string of the molecule is CC(=O)OCC1OCC(C)C(OC(C)=O)C1OC(C)=O. The Morgan fingerprint density at radius 1 is 1.00 bits per heavy atom. The number of carbonyl (C=O) groups is 3. The van der Waals surface area contributed by atoms with Crippen LogP contribution in [0.1, 0.15) is 27.7 Å². The summed E-state index contributed by atoms with van der Waals surface area (Å²) < 4.78 is 20.8. The molecule has 1 aliphatic heterocycles. The Bertz CT molecular complexity index is 379. The number of esters is 3. The summed E-state index contributed by atoms with van der Waals surface area (Å²) in [5.41, 5.74) is 0. The van der Waals surface area contributed by atoms with E-state index < -0.39 is 36.2 Å². The first-order valence-corrected chi connectivity index (χ1v) is 6.40. The highest BCUT2D eigenvalue weighted by Crippen LogP contribution is 2.26. The molecule has 1 saturated heterocycles. The molecule has 4 unspecified atom stereocenters. The monoisotopic (exact) mass is 288 g/mol. The lowest BCUT2D eigenvalue weighted by molar-refractivity contribution is -0.212. The highest BCUT2D eigenvalue weighted by molar-refractivity contribution is 5.67. The minimum Gasteiger partial charge on any atom is -0.463 e. The van der Waals surface area contributed by atoms with E-state index in [1.807, 2.05) is 6.92 Å². The molecular formula is C13H20O7. The largest absolute Gasteiger partial charge is 0.463 e. The second-order valence-electron chi connectivity index (χ2n) is 4.80. The molecule has 0 aliphatic carbocycles. The summed E-state index contributed by atoms with van der Waals surface area (Å²) in [4.78, 5) is 33.2. The van der Waals surface area contributed by atoms with Crippen LogP contribution in [0.15, 0.2) is 0 Å². The van der Waals surface area contributed by atoms with Crippen LogP contribution in [0.25, 0.3) is 0 Å². The molecule has 20 heavy (non-hydrogen) atoms. The van der Waals surface area contributed by atoms with Gasteiger partial charge in [0.05, 0.1) is 6.61 Å². The topological polar surface area (TPSA) is 88.1 Å². The molecule has 7 nitrogen and oxygen atoms in total. The van der Waals surface area contributed by atoms with Gasteiger partial charge < -0.3 is 18.9 Å². The normalized spacial score (nSPS) is 29.4. The number of hydrogen-bond donors (Lipinski definition) is 0. The Balaban J connectivity index is 2.83. The first-order chi connectivity index (χ1) is 9.31. The van der Waals surface area contributed by atoms with Crippen LogP contribution < -0.4 is 0 Å². The van der Waals surface area contributed by atoms with Gasteiger partial charge in [-0.15, -0.1) is 0 Å². The van der Waals surface area contributed by atoms with E-state index in [1.165, 1.54) is 20.8 Å². The van der Waals surface area contributed by atoms with Crippen molar-refractivity contribution in [3.05, 3.63) is 0 Å². The Labute approximate surface area is 117 Å². The molecule has 1 rings (SSSR count). The van der Waals surface area contributed by atoms with Gasteiger partial charge in [-0.1, -0.05) is 6.92 Å². The average Bonchev–Trinajstić information content (AvgIpc) is 2.31. The zero-order chi connectivity index (χ0) is 15.3. The van der Waals surface area contributed by atoms with E-state index in [4.69, 9.17) is 18.9 Å². The first kappa shape index (κ1) is 16.4. The number of ether oxygens (including phenoxy) is 4. The maximum atomic E-state index is 11.2. The predicted molar refractivity (Wildman–Crippen MR) is 66.6 cm³/mol. The smallest absolute Gasteiger partial charge is 0.303 e. The van der Waals surface area contributed by atoms with E-state index in [9.17, 15) is 14.4 Å². The van der Waals surface area contributed by atoms with Gasteiger partial charge in [0.25, 0.3) is 0 Å². The van der Waals surface area contributed by atoms with Crippen LogP contribution in [0.3, 0.4) is 0 Å². The van der Waals surface area contributed by atoms with Crippen molar-refractivity contribution < 1.29 is 33.3 Å². The van der Waals surface area contributed by atoms with E-state index in [0.717, 1.165) is 0 Å². The lowest BCUT2D eigenvalue weighted by atomic mass is 9.93. The average molecular weight is 288 g/mol. The highest BCUT2D eigenvalue weighted by Gasteiger charge is 2.43. The van der Waals surface area contributed by atoms with E-state index in [2.05, 4.69) is 0 Å². The third kappa shape index (κ3) is 4.80. The van der Waals surface area contributed by atoms with Crippen molar-refractivity contribution >= 4 is 17.9 Å². The summed E-state index contributed by atoms with van der Waals surface area (Å²) in [6.07, 6.45) is -2.06. The van der Waals surface area contributed by atoms with Crippen LogP contribution in [-0.2, 0) is 33.3 Å². The molecule has 1 aliphatic rings. The van der Waals surface area contributed by atoms with Crippen molar-refractivity contribution in [3.8, 4) is 0 Å². The Morgan fingerprint density at radius 3 is 2.05 bits per heavy atom. The van der Waals surface area contributed by atoms with Crippen molar-refractivity contribution in [1.29, 1.82) is 0 Å². The fourth-order valence-electron chi connectivity index (χ4n) is 2.05. The van der Waals surface area contributed by atoms with Gasteiger partial charge >= 0.3 is 17.9 Å². The van der Waals surface area contributed by atoms with Gasteiger partial charge in [-0.3, -0.25) is 14.4 Å². The van der Waals surface area contributed by atoms with E-state index in [1.54, 1.807) is 0 Å². The van der Waals surface area contributed by atoms with Crippen molar-refractivity contribution in [1.82, 2.24) is 0 Å². The first-order valence-electron chi connectivity index (χ1n) is 6.40. The van der Waals surface area contributed by atoms with Crippen molar-refractivity contribution in [2.24, 2.45) is 5.92 Å². The summed E-state index contributed by atoms with van der Waals surface area (Å²) in [6.45, 7) is 5.91.